The minimum Gasteiger partial charge on any atom is -0.462 e. The van der Waals surface area contributed by atoms with Gasteiger partial charge in [-0.1, -0.05) is 146 Å². The highest BCUT2D eigenvalue weighted by Crippen LogP contribution is 2.36. The lowest BCUT2D eigenvalue weighted by atomic mass is 10.1. The van der Waals surface area contributed by atoms with Crippen LogP contribution in [0.3, 0.4) is 0 Å². The predicted octanol–water partition coefficient (Wildman–Crippen LogP) is 12.0. The van der Waals surface area contributed by atoms with Gasteiger partial charge in [-0.25, -0.2) is 4.57 Å². The summed E-state index contributed by atoms with van der Waals surface area (Å²) in [6.45, 7) is 3.60. The molecule has 0 rings (SSSR count). The number of rotatable bonds is 36. The van der Waals surface area contributed by atoms with Crippen LogP contribution in [0.2, 0.25) is 0 Å². The number of allylic oxidation sites excluding steroid dienone is 8. The largest absolute Gasteiger partial charge is 0.469 e. The summed E-state index contributed by atoms with van der Waals surface area (Å²) in [6, 6.07) is 0. The molecule has 0 aliphatic carbocycles. The molecular formula is C41H73O8P. The van der Waals surface area contributed by atoms with E-state index in [4.69, 9.17) is 19.3 Å². The summed E-state index contributed by atoms with van der Waals surface area (Å²) in [6.07, 6.45) is 43.9. The summed E-state index contributed by atoms with van der Waals surface area (Å²) in [4.78, 5) is 42.8. The second-order valence-electron chi connectivity index (χ2n) is 13.2. The number of esters is 2. The van der Waals surface area contributed by atoms with Crippen LogP contribution in [-0.2, 0) is 28.2 Å². The van der Waals surface area contributed by atoms with Crippen LogP contribution < -0.4 is 0 Å². The molecular weight excluding hydrogens is 651 g/mol. The van der Waals surface area contributed by atoms with Gasteiger partial charge in [0, 0.05) is 12.8 Å². The Morgan fingerprint density at radius 2 is 0.920 bits per heavy atom. The summed E-state index contributed by atoms with van der Waals surface area (Å²) in [5.41, 5.74) is 0. The molecule has 0 saturated carbocycles. The van der Waals surface area contributed by atoms with E-state index in [2.05, 4.69) is 67.0 Å². The Morgan fingerprint density at radius 3 is 1.42 bits per heavy atom. The first kappa shape index (κ1) is 48.0. The molecule has 0 amide bonds. The zero-order chi connectivity index (χ0) is 36.8. The molecule has 0 unspecified atom stereocenters. The van der Waals surface area contributed by atoms with Gasteiger partial charge in [0.2, 0.25) is 0 Å². The van der Waals surface area contributed by atoms with Gasteiger partial charge in [-0.2, -0.15) is 0 Å². The third-order valence-corrected chi connectivity index (χ3v) is 8.81. The van der Waals surface area contributed by atoms with Crippen molar-refractivity contribution in [2.75, 3.05) is 13.2 Å². The highest BCUT2D eigenvalue weighted by molar-refractivity contribution is 7.46. The molecule has 0 aromatic heterocycles. The fourth-order valence-electron chi connectivity index (χ4n) is 5.30. The Balaban J connectivity index is 3.99. The summed E-state index contributed by atoms with van der Waals surface area (Å²) in [5, 5.41) is 0. The highest BCUT2D eigenvalue weighted by Gasteiger charge is 2.22. The van der Waals surface area contributed by atoms with Crippen molar-refractivity contribution in [1.82, 2.24) is 0 Å². The maximum Gasteiger partial charge on any atom is 0.469 e. The van der Waals surface area contributed by atoms with Gasteiger partial charge >= 0.3 is 19.8 Å². The average Bonchev–Trinajstić information content (AvgIpc) is 3.08. The Hall–Kier alpha value is -1.99. The van der Waals surface area contributed by atoms with E-state index in [1.807, 2.05) is 0 Å². The van der Waals surface area contributed by atoms with E-state index >= 15 is 0 Å². The minimum absolute atomic E-state index is 0.185. The number of hydrogen-bond donors (Lipinski definition) is 2. The average molecular weight is 725 g/mol. The van der Waals surface area contributed by atoms with Crippen LogP contribution in [0.4, 0.5) is 0 Å². The van der Waals surface area contributed by atoms with Crippen molar-refractivity contribution >= 4 is 19.8 Å². The molecule has 2 N–H and O–H groups in total. The van der Waals surface area contributed by atoms with Crippen LogP contribution in [0.1, 0.15) is 181 Å². The molecule has 50 heavy (non-hydrogen) atoms. The van der Waals surface area contributed by atoms with E-state index in [1.54, 1.807) is 0 Å². The molecule has 0 fully saturated rings. The number of ether oxygens (including phenoxy) is 2. The lowest BCUT2D eigenvalue weighted by Crippen LogP contribution is -2.29. The van der Waals surface area contributed by atoms with Crippen LogP contribution in [0.5, 0.6) is 0 Å². The lowest BCUT2D eigenvalue weighted by molar-refractivity contribution is -0.161. The van der Waals surface area contributed by atoms with Crippen molar-refractivity contribution in [1.29, 1.82) is 0 Å². The first-order valence-corrected chi connectivity index (χ1v) is 21.5. The van der Waals surface area contributed by atoms with Crippen LogP contribution in [-0.4, -0.2) is 41.0 Å². The van der Waals surface area contributed by atoms with E-state index < -0.39 is 32.5 Å². The Labute approximate surface area is 305 Å². The number of phosphoric acid groups is 1. The minimum atomic E-state index is -4.76. The maximum atomic E-state index is 12.4. The van der Waals surface area contributed by atoms with Crippen molar-refractivity contribution in [2.24, 2.45) is 0 Å². The van der Waals surface area contributed by atoms with Crippen LogP contribution in [0, 0.1) is 0 Å². The van der Waals surface area contributed by atoms with Crippen LogP contribution >= 0.6 is 7.82 Å². The van der Waals surface area contributed by atoms with Crippen molar-refractivity contribution in [3.63, 3.8) is 0 Å². The van der Waals surface area contributed by atoms with E-state index in [9.17, 15) is 14.2 Å². The third-order valence-electron chi connectivity index (χ3n) is 8.32. The van der Waals surface area contributed by atoms with Crippen molar-refractivity contribution < 1.29 is 37.9 Å². The summed E-state index contributed by atoms with van der Waals surface area (Å²) < 4.78 is 26.3. The van der Waals surface area contributed by atoms with Crippen molar-refractivity contribution in [2.45, 2.75) is 187 Å². The van der Waals surface area contributed by atoms with Crippen molar-refractivity contribution in [3.05, 3.63) is 48.6 Å². The molecule has 0 aromatic rings. The van der Waals surface area contributed by atoms with Gasteiger partial charge in [-0.15, -0.1) is 0 Å². The Morgan fingerprint density at radius 1 is 0.520 bits per heavy atom. The molecule has 0 bridgehead atoms. The molecule has 8 nitrogen and oxygen atoms in total. The third kappa shape index (κ3) is 38.8. The number of phosphoric ester groups is 1. The maximum absolute atomic E-state index is 12.4. The quantitative estimate of drug-likeness (QED) is 0.0284. The van der Waals surface area contributed by atoms with E-state index in [1.165, 1.54) is 83.5 Å². The first-order chi connectivity index (χ1) is 24.3. The fourth-order valence-corrected chi connectivity index (χ4v) is 5.66. The molecule has 0 aliphatic heterocycles. The monoisotopic (exact) mass is 725 g/mol. The van der Waals surface area contributed by atoms with Gasteiger partial charge in [-0.3, -0.25) is 14.1 Å². The van der Waals surface area contributed by atoms with Crippen LogP contribution in [0.15, 0.2) is 48.6 Å². The van der Waals surface area contributed by atoms with Gasteiger partial charge < -0.3 is 19.3 Å². The summed E-state index contributed by atoms with van der Waals surface area (Å²) in [5.74, 6) is -0.913. The van der Waals surface area contributed by atoms with Crippen molar-refractivity contribution in [3.8, 4) is 0 Å². The summed E-state index contributed by atoms with van der Waals surface area (Å²) in [7, 11) is -4.76. The number of carbonyl (C=O) groups is 2. The highest BCUT2D eigenvalue weighted by atomic mass is 31.2. The summed E-state index contributed by atoms with van der Waals surface area (Å²) >= 11 is 0. The fraction of sp³-hybridized carbons (Fsp3) is 0.756. The molecule has 0 saturated heterocycles. The standard InChI is InChI=1S/C41H73O8P/c1-3-5-7-9-11-13-15-17-19-20-22-24-26-28-30-32-34-36-41(43)49-39(38-48-50(44,45)46)37-47-40(42)35-33-31-29-27-25-23-21-18-16-14-12-10-8-6-4-2/h10-13,17,19,22,24,39H,3-9,14-16,18,20-21,23,25-38H2,1-2H3,(H2,44,45,46)/b12-10+,13-11+,19-17+,24-22+/t39-/m1/s1. The zero-order valence-electron chi connectivity index (χ0n) is 31.8. The smallest absolute Gasteiger partial charge is 0.462 e. The Bertz CT molecular complexity index is 952. The SMILES string of the molecule is CCCC/C=C/CCCCCCCCCCCC(=O)OC[C@H](COP(=O)(O)O)OC(=O)CCCCCC/C=C/C/C=C/C/C=C/CCCCC. The number of unbranched alkanes of at least 4 members (excludes halogenated alkanes) is 18. The van der Waals surface area contributed by atoms with Gasteiger partial charge in [0.05, 0.1) is 6.61 Å². The first-order valence-electron chi connectivity index (χ1n) is 19.9. The molecule has 290 valence electrons. The topological polar surface area (TPSA) is 119 Å². The predicted molar refractivity (Wildman–Crippen MR) is 207 cm³/mol. The second kappa shape index (κ2) is 36.8. The number of hydrogen-bond acceptors (Lipinski definition) is 6. The zero-order valence-corrected chi connectivity index (χ0v) is 32.7. The molecule has 0 heterocycles. The van der Waals surface area contributed by atoms with Gasteiger partial charge in [-0.05, 0) is 70.6 Å². The lowest BCUT2D eigenvalue weighted by Gasteiger charge is -2.18. The molecule has 1 atom stereocenters. The van der Waals surface area contributed by atoms with Gasteiger partial charge in [0.1, 0.15) is 6.61 Å². The molecule has 0 aromatic carbocycles. The normalized spacial score (nSPS) is 13.0. The molecule has 9 heteroatoms. The molecule has 0 radical (unpaired) electrons. The van der Waals surface area contributed by atoms with Crippen LogP contribution in [0.25, 0.3) is 0 Å². The molecule has 0 spiro atoms. The Kier molecular flexibility index (Phi) is 35.3. The van der Waals surface area contributed by atoms with E-state index in [0.717, 1.165) is 64.2 Å². The van der Waals surface area contributed by atoms with Gasteiger partial charge in [0.25, 0.3) is 0 Å². The number of carbonyl (C=O) groups excluding carboxylic acids is 2. The van der Waals surface area contributed by atoms with E-state index in [-0.39, 0.29) is 19.4 Å². The van der Waals surface area contributed by atoms with Gasteiger partial charge in [0.15, 0.2) is 6.10 Å². The molecule has 0 aliphatic rings. The second-order valence-corrected chi connectivity index (χ2v) is 14.5. The van der Waals surface area contributed by atoms with E-state index in [0.29, 0.717) is 6.42 Å².